The van der Waals surface area contributed by atoms with Crippen LogP contribution in [0.1, 0.15) is 6.92 Å². The molecule has 0 radical (unpaired) electrons. The quantitative estimate of drug-likeness (QED) is 0.480. The lowest BCUT2D eigenvalue weighted by Gasteiger charge is -2.12. The van der Waals surface area contributed by atoms with Crippen molar-refractivity contribution in [2.75, 3.05) is 6.61 Å². The zero-order valence-electron chi connectivity index (χ0n) is 5.63. The number of alkyl halides is 2. The summed E-state index contributed by atoms with van der Waals surface area (Å²) in [6, 6.07) is 0. The Morgan fingerprint density at radius 2 is 2.00 bits per heavy atom. The third-order valence-corrected chi connectivity index (χ3v) is 2.13. The number of esters is 1. The Morgan fingerprint density at radius 3 is 2.27 bits per heavy atom. The van der Waals surface area contributed by atoms with Gasteiger partial charge in [0.1, 0.15) is 0 Å². The minimum atomic E-state index is -1.81. The van der Waals surface area contributed by atoms with Crippen molar-refractivity contribution in [3.8, 4) is 0 Å². The van der Waals surface area contributed by atoms with Gasteiger partial charge in [-0.25, -0.2) is 9.59 Å². The van der Waals surface area contributed by atoms with Crippen molar-refractivity contribution in [2.45, 2.75) is 10.2 Å². The summed E-state index contributed by atoms with van der Waals surface area (Å²) in [5.74, 6) is -2.21. The molecule has 11 heavy (non-hydrogen) atoms. The fourth-order valence-corrected chi connectivity index (χ4v) is 0.538. The highest BCUT2D eigenvalue weighted by atomic mass is 79.9. The number of hydrogen-bond acceptors (Lipinski definition) is 3. The van der Waals surface area contributed by atoms with Crippen molar-refractivity contribution in [1.82, 2.24) is 0 Å². The first-order valence-electron chi connectivity index (χ1n) is 2.71. The summed E-state index contributed by atoms with van der Waals surface area (Å²) >= 11 is 5.31. The molecular formula is C5H6Br2O4. The summed E-state index contributed by atoms with van der Waals surface area (Å²) in [6.07, 6.45) is 0. The molecule has 0 rings (SSSR count). The first-order valence-corrected chi connectivity index (χ1v) is 4.30. The Balaban J connectivity index is 4.30. The van der Waals surface area contributed by atoms with Crippen LogP contribution in [0.4, 0.5) is 0 Å². The molecule has 0 aromatic carbocycles. The molecule has 0 unspecified atom stereocenters. The molecule has 0 aliphatic rings. The van der Waals surface area contributed by atoms with Crippen LogP contribution in [-0.4, -0.2) is 26.9 Å². The molecule has 0 fully saturated rings. The van der Waals surface area contributed by atoms with Gasteiger partial charge in [0.25, 0.3) is 3.23 Å². The number of carbonyl (C=O) groups excluding carboxylic acids is 1. The molecule has 0 saturated carbocycles. The van der Waals surface area contributed by atoms with Gasteiger partial charge in [-0.05, 0) is 38.8 Å². The maximum absolute atomic E-state index is 10.8. The maximum atomic E-state index is 10.8. The van der Waals surface area contributed by atoms with E-state index in [4.69, 9.17) is 5.11 Å². The number of halogens is 2. The van der Waals surface area contributed by atoms with Gasteiger partial charge in [0.05, 0.1) is 6.61 Å². The number of carbonyl (C=O) groups is 2. The summed E-state index contributed by atoms with van der Waals surface area (Å²) in [7, 11) is 0. The molecule has 0 amide bonds. The average Bonchev–Trinajstić information content (AvgIpc) is 1.88. The molecular weight excluding hydrogens is 284 g/mol. The van der Waals surface area contributed by atoms with Gasteiger partial charge < -0.3 is 9.84 Å². The van der Waals surface area contributed by atoms with E-state index in [0.717, 1.165) is 0 Å². The summed E-state index contributed by atoms with van der Waals surface area (Å²) in [4.78, 5) is 21.2. The second-order valence-electron chi connectivity index (χ2n) is 1.60. The zero-order chi connectivity index (χ0) is 9.07. The highest BCUT2D eigenvalue weighted by Gasteiger charge is 2.42. The highest BCUT2D eigenvalue weighted by Crippen LogP contribution is 2.27. The Hall–Kier alpha value is -0.100. The number of rotatable bonds is 3. The van der Waals surface area contributed by atoms with E-state index in [9.17, 15) is 9.59 Å². The number of carboxylic acids is 1. The van der Waals surface area contributed by atoms with Crippen LogP contribution in [0.5, 0.6) is 0 Å². The molecule has 0 aliphatic heterocycles. The van der Waals surface area contributed by atoms with Gasteiger partial charge in [0.15, 0.2) is 0 Å². The lowest BCUT2D eigenvalue weighted by Crippen LogP contribution is -2.35. The van der Waals surface area contributed by atoms with E-state index in [0.29, 0.717) is 0 Å². The fourth-order valence-electron chi connectivity index (χ4n) is 0.309. The first kappa shape index (κ1) is 10.9. The van der Waals surface area contributed by atoms with Gasteiger partial charge in [-0.15, -0.1) is 0 Å². The van der Waals surface area contributed by atoms with E-state index in [-0.39, 0.29) is 6.61 Å². The zero-order valence-corrected chi connectivity index (χ0v) is 8.81. The molecule has 0 aliphatic carbocycles. The van der Waals surface area contributed by atoms with Crippen molar-refractivity contribution in [3.05, 3.63) is 0 Å². The molecule has 64 valence electrons. The summed E-state index contributed by atoms with van der Waals surface area (Å²) in [6.45, 7) is 1.74. The Labute approximate surface area is 80.2 Å². The lowest BCUT2D eigenvalue weighted by atomic mass is 10.4. The second kappa shape index (κ2) is 4.06. The van der Waals surface area contributed by atoms with Gasteiger partial charge in [-0.3, -0.25) is 0 Å². The fraction of sp³-hybridized carbons (Fsp3) is 0.600. The molecule has 0 atom stereocenters. The van der Waals surface area contributed by atoms with E-state index in [1.165, 1.54) is 0 Å². The number of ether oxygens (including phenoxy) is 1. The molecule has 0 heterocycles. The second-order valence-corrected chi connectivity index (χ2v) is 5.04. The molecule has 0 aromatic rings. The Bertz CT molecular complexity index is 177. The topological polar surface area (TPSA) is 63.6 Å². The Morgan fingerprint density at radius 1 is 1.55 bits per heavy atom. The third-order valence-electron chi connectivity index (χ3n) is 0.800. The SMILES string of the molecule is CCOC(=O)C(Br)(Br)C(=O)O. The number of hydrogen-bond donors (Lipinski definition) is 1. The molecule has 0 spiro atoms. The summed E-state index contributed by atoms with van der Waals surface area (Å²) in [5, 5.41) is 8.44. The van der Waals surface area contributed by atoms with Gasteiger partial charge in [-0.1, -0.05) is 0 Å². The van der Waals surface area contributed by atoms with Crippen LogP contribution in [-0.2, 0) is 14.3 Å². The van der Waals surface area contributed by atoms with E-state index >= 15 is 0 Å². The van der Waals surface area contributed by atoms with E-state index < -0.39 is 15.2 Å². The highest BCUT2D eigenvalue weighted by molar-refractivity contribution is 9.26. The smallest absolute Gasteiger partial charge is 0.345 e. The van der Waals surface area contributed by atoms with Crippen LogP contribution in [0.15, 0.2) is 0 Å². The van der Waals surface area contributed by atoms with Gasteiger partial charge in [-0.2, -0.15) is 0 Å². The van der Waals surface area contributed by atoms with Crippen molar-refractivity contribution in [3.63, 3.8) is 0 Å². The standard InChI is InChI=1S/C5H6Br2O4/c1-2-11-4(10)5(6,7)3(8)9/h2H2,1H3,(H,8,9). The number of aliphatic carboxylic acids is 1. The van der Waals surface area contributed by atoms with Crippen LogP contribution in [0.3, 0.4) is 0 Å². The normalized spacial score (nSPS) is 10.8. The van der Waals surface area contributed by atoms with Crippen molar-refractivity contribution in [2.24, 2.45) is 0 Å². The first-order chi connectivity index (χ1) is 4.92. The van der Waals surface area contributed by atoms with Crippen LogP contribution in [0.25, 0.3) is 0 Å². The molecule has 6 heteroatoms. The molecule has 1 N–H and O–H groups in total. The van der Waals surface area contributed by atoms with Crippen LogP contribution >= 0.6 is 31.9 Å². The van der Waals surface area contributed by atoms with Crippen LogP contribution < -0.4 is 0 Å². The van der Waals surface area contributed by atoms with Gasteiger partial charge >= 0.3 is 11.9 Å². The Kier molecular flexibility index (Phi) is 4.02. The number of carboxylic acid groups (broad SMARTS) is 1. The van der Waals surface area contributed by atoms with Crippen molar-refractivity contribution < 1.29 is 19.4 Å². The summed E-state index contributed by atoms with van der Waals surface area (Å²) < 4.78 is 2.64. The molecule has 0 bridgehead atoms. The van der Waals surface area contributed by atoms with E-state index in [1.54, 1.807) is 6.92 Å². The minimum Gasteiger partial charge on any atom is -0.479 e. The summed E-state index contributed by atoms with van der Waals surface area (Å²) in [5.41, 5.74) is 0. The van der Waals surface area contributed by atoms with Crippen molar-refractivity contribution in [1.29, 1.82) is 0 Å². The van der Waals surface area contributed by atoms with Crippen LogP contribution in [0, 0.1) is 0 Å². The largest absolute Gasteiger partial charge is 0.479 e. The van der Waals surface area contributed by atoms with E-state index in [2.05, 4.69) is 36.6 Å². The molecule has 0 aromatic heterocycles. The predicted octanol–water partition coefficient (Wildman–Crippen LogP) is 1.12. The molecule has 4 nitrogen and oxygen atoms in total. The van der Waals surface area contributed by atoms with Crippen LogP contribution in [0.2, 0.25) is 0 Å². The van der Waals surface area contributed by atoms with Gasteiger partial charge in [0.2, 0.25) is 0 Å². The van der Waals surface area contributed by atoms with Crippen molar-refractivity contribution >= 4 is 43.8 Å². The monoisotopic (exact) mass is 288 g/mol. The average molecular weight is 290 g/mol. The third kappa shape index (κ3) is 2.78. The maximum Gasteiger partial charge on any atom is 0.345 e. The van der Waals surface area contributed by atoms with Gasteiger partial charge in [0, 0.05) is 0 Å². The molecule has 0 saturated heterocycles. The lowest BCUT2D eigenvalue weighted by molar-refractivity contribution is -0.150. The van der Waals surface area contributed by atoms with E-state index in [1.807, 2.05) is 0 Å². The minimum absolute atomic E-state index is 0.144. The predicted molar refractivity (Wildman–Crippen MR) is 44.9 cm³/mol.